The first-order valence-corrected chi connectivity index (χ1v) is 7.02. The predicted octanol–water partition coefficient (Wildman–Crippen LogP) is 3.43. The van der Waals surface area contributed by atoms with Gasteiger partial charge in [-0.1, -0.05) is 29.8 Å². The van der Waals surface area contributed by atoms with E-state index in [4.69, 9.17) is 17.4 Å². The van der Waals surface area contributed by atoms with Crippen LogP contribution in [0.15, 0.2) is 42.5 Å². The number of rotatable bonds is 4. The van der Waals surface area contributed by atoms with Gasteiger partial charge in [-0.2, -0.15) is 0 Å². The fourth-order valence-electron chi connectivity index (χ4n) is 2.08. The Kier molecular flexibility index (Phi) is 4.83. The average molecular weight is 304 g/mol. The summed E-state index contributed by atoms with van der Waals surface area (Å²) in [6.07, 6.45) is 0. The molecule has 21 heavy (non-hydrogen) atoms. The molecule has 0 saturated carbocycles. The van der Waals surface area contributed by atoms with E-state index in [0.29, 0.717) is 16.3 Å². The Hall–Kier alpha value is -2.04. The molecular formula is C16H18ClN3O. The normalized spacial score (nSPS) is 11.8. The van der Waals surface area contributed by atoms with Crippen LogP contribution in [-0.2, 0) is 0 Å². The lowest BCUT2D eigenvalue weighted by atomic mass is 10.1. The largest absolute Gasteiger partial charge is 0.345 e. The van der Waals surface area contributed by atoms with Gasteiger partial charge in [0.2, 0.25) is 0 Å². The molecule has 1 atom stereocenters. The summed E-state index contributed by atoms with van der Waals surface area (Å²) < 4.78 is 0. The van der Waals surface area contributed by atoms with Crippen LogP contribution in [-0.4, -0.2) is 5.91 Å². The molecule has 1 amide bonds. The molecule has 0 aliphatic carbocycles. The van der Waals surface area contributed by atoms with Gasteiger partial charge in [0.15, 0.2) is 0 Å². The van der Waals surface area contributed by atoms with Gasteiger partial charge in [0, 0.05) is 5.02 Å². The fourth-order valence-corrected chi connectivity index (χ4v) is 2.21. The van der Waals surface area contributed by atoms with Crippen LogP contribution in [0.3, 0.4) is 0 Å². The molecule has 5 heteroatoms. The number of aryl methyl sites for hydroxylation is 1. The number of nitrogen functional groups attached to an aromatic ring is 1. The summed E-state index contributed by atoms with van der Waals surface area (Å²) in [5.41, 5.74) is 5.70. The number of nitrogens with one attached hydrogen (secondary N) is 2. The van der Waals surface area contributed by atoms with Crippen LogP contribution in [0.25, 0.3) is 0 Å². The highest BCUT2D eigenvalue weighted by atomic mass is 35.5. The van der Waals surface area contributed by atoms with Gasteiger partial charge in [0.25, 0.3) is 5.91 Å². The van der Waals surface area contributed by atoms with E-state index in [0.717, 1.165) is 11.1 Å². The molecule has 0 saturated heterocycles. The van der Waals surface area contributed by atoms with Gasteiger partial charge in [-0.15, -0.1) is 0 Å². The number of carbonyl (C=O) groups excluding carboxylic acids is 1. The lowest BCUT2D eigenvalue weighted by molar-refractivity contribution is 0.0940. The maximum atomic E-state index is 12.4. The van der Waals surface area contributed by atoms with Gasteiger partial charge in [0.1, 0.15) is 0 Å². The minimum Gasteiger partial charge on any atom is -0.345 e. The zero-order chi connectivity index (χ0) is 15.4. The van der Waals surface area contributed by atoms with E-state index in [1.54, 1.807) is 18.2 Å². The van der Waals surface area contributed by atoms with Gasteiger partial charge in [-0.05, 0) is 49.2 Å². The molecule has 2 aromatic rings. The van der Waals surface area contributed by atoms with E-state index >= 15 is 0 Å². The Morgan fingerprint density at radius 2 is 1.86 bits per heavy atom. The lowest BCUT2D eigenvalue weighted by Crippen LogP contribution is -2.28. The molecule has 4 nitrogen and oxygen atoms in total. The van der Waals surface area contributed by atoms with E-state index in [2.05, 4.69) is 10.7 Å². The maximum Gasteiger partial charge on any atom is 0.253 e. The average Bonchev–Trinajstić information content (AvgIpc) is 2.47. The van der Waals surface area contributed by atoms with Crippen LogP contribution in [0.2, 0.25) is 5.02 Å². The van der Waals surface area contributed by atoms with Crippen LogP contribution in [0.1, 0.15) is 34.5 Å². The van der Waals surface area contributed by atoms with Crippen molar-refractivity contribution >= 4 is 23.2 Å². The summed E-state index contributed by atoms with van der Waals surface area (Å²) in [5, 5.41) is 3.62. The number of nitrogens with two attached hydrogens (primary N) is 1. The molecule has 0 fully saturated rings. The Bertz CT molecular complexity index is 640. The number of hydrogen-bond acceptors (Lipinski definition) is 3. The van der Waals surface area contributed by atoms with Crippen molar-refractivity contribution in [3.05, 3.63) is 64.2 Å². The summed E-state index contributed by atoms with van der Waals surface area (Å²) in [4.78, 5) is 12.4. The Morgan fingerprint density at radius 3 is 2.48 bits per heavy atom. The zero-order valence-corrected chi connectivity index (χ0v) is 12.7. The fraction of sp³-hybridized carbons (Fsp3) is 0.188. The summed E-state index contributed by atoms with van der Waals surface area (Å²) in [7, 11) is 0. The number of benzene rings is 2. The summed E-state index contributed by atoms with van der Waals surface area (Å²) >= 11 is 5.86. The van der Waals surface area contributed by atoms with E-state index in [1.807, 2.05) is 38.1 Å². The molecule has 1 unspecified atom stereocenters. The molecule has 0 spiro atoms. The number of halogens is 1. The molecule has 0 heterocycles. The van der Waals surface area contributed by atoms with Crippen LogP contribution in [0, 0.1) is 6.92 Å². The highest BCUT2D eigenvalue weighted by Gasteiger charge is 2.14. The van der Waals surface area contributed by atoms with Gasteiger partial charge >= 0.3 is 0 Å². The SMILES string of the molecule is Cc1ccc(C(=O)NC(C)c2ccc(Cl)cc2)c(NN)c1. The van der Waals surface area contributed by atoms with E-state index < -0.39 is 0 Å². The second kappa shape index (κ2) is 6.61. The molecule has 2 aromatic carbocycles. The van der Waals surface area contributed by atoms with Crippen LogP contribution >= 0.6 is 11.6 Å². The molecule has 0 aromatic heterocycles. The zero-order valence-electron chi connectivity index (χ0n) is 12.0. The van der Waals surface area contributed by atoms with Gasteiger partial charge < -0.3 is 10.7 Å². The van der Waals surface area contributed by atoms with Crippen molar-refractivity contribution in [3.63, 3.8) is 0 Å². The Balaban J connectivity index is 2.16. The second-order valence-electron chi connectivity index (χ2n) is 4.94. The number of amides is 1. The molecule has 110 valence electrons. The van der Waals surface area contributed by atoms with Gasteiger partial charge in [0.05, 0.1) is 17.3 Å². The van der Waals surface area contributed by atoms with E-state index in [-0.39, 0.29) is 11.9 Å². The highest BCUT2D eigenvalue weighted by molar-refractivity contribution is 6.30. The molecule has 0 radical (unpaired) electrons. The molecule has 0 aliphatic heterocycles. The van der Waals surface area contributed by atoms with E-state index in [9.17, 15) is 4.79 Å². The molecule has 4 N–H and O–H groups in total. The maximum absolute atomic E-state index is 12.4. The number of hydrazine groups is 1. The standard InChI is InChI=1S/C16H18ClN3O/c1-10-3-8-14(15(9-10)20-18)16(21)19-11(2)12-4-6-13(17)7-5-12/h3-9,11,20H,18H2,1-2H3,(H,19,21). The summed E-state index contributed by atoms with van der Waals surface area (Å²) in [6, 6.07) is 12.7. The summed E-state index contributed by atoms with van der Waals surface area (Å²) in [6.45, 7) is 3.86. The van der Waals surface area contributed by atoms with Gasteiger partial charge in [-0.25, -0.2) is 0 Å². The van der Waals surface area contributed by atoms with Crippen molar-refractivity contribution in [1.29, 1.82) is 0 Å². The first-order valence-electron chi connectivity index (χ1n) is 6.65. The van der Waals surface area contributed by atoms with Crippen molar-refractivity contribution in [1.82, 2.24) is 5.32 Å². The molecular weight excluding hydrogens is 286 g/mol. The van der Waals surface area contributed by atoms with Crippen LogP contribution in [0.4, 0.5) is 5.69 Å². The second-order valence-corrected chi connectivity index (χ2v) is 5.38. The predicted molar refractivity (Wildman–Crippen MR) is 86.3 cm³/mol. The number of anilines is 1. The monoisotopic (exact) mass is 303 g/mol. The third kappa shape index (κ3) is 3.74. The Labute approximate surface area is 129 Å². The highest BCUT2D eigenvalue weighted by Crippen LogP contribution is 2.20. The number of carbonyl (C=O) groups is 1. The number of hydrogen-bond donors (Lipinski definition) is 3. The first-order chi connectivity index (χ1) is 10.0. The quantitative estimate of drug-likeness (QED) is 0.599. The van der Waals surface area contributed by atoms with Crippen molar-refractivity contribution in [2.24, 2.45) is 5.84 Å². The molecule has 2 rings (SSSR count). The third-order valence-electron chi connectivity index (χ3n) is 3.29. The first kappa shape index (κ1) is 15.4. The smallest absolute Gasteiger partial charge is 0.253 e. The minimum atomic E-state index is -0.176. The van der Waals surface area contributed by atoms with Crippen LogP contribution < -0.4 is 16.6 Å². The van der Waals surface area contributed by atoms with Crippen molar-refractivity contribution in [3.8, 4) is 0 Å². The third-order valence-corrected chi connectivity index (χ3v) is 3.54. The van der Waals surface area contributed by atoms with Crippen molar-refractivity contribution in [2.75, 3.05) is 5.43 Å². The molecule has 0 bridgehead atoms. The lowest BCUT2D eigenvalue weighted by Gasteiger charge is -2.16. The van der Waals surface area contributed by atoms with Crippen molar-refractivity contribution in [2.45, 2.75) is 19.9 Å². The minimum absolute atomic E-state index is 0.123. The van der Waals surface area contributed by atoms with Gasteiger partial charge in [-0.3, -0.25) is 10.6 Å². The topological polar surface area (TPSA) is 67.2 Å². The molecule has 0 aliphatic rings. The van der Waals surface area contributed by atoms with Crippen LogP contribution in [0.5, 0.6) is 0 Å². The summed E-state index contributed by atoms with van der Waals surface area (Å²) in [5.74, 6) is 5.30. The van der Waals surface area contributed by atoms with E-state index in [1.165, 1.54) is 0 Å². The van der Waals surface area contributed by atoms with Crippen molar-refractivity contribution < 1.29 is 4.79 Å². The Morgan fingerprint density at radius 1 is 1.19 bits per heavy atom.